The van der Waals surface area contributed by atoms with Gasteiger partial charge in [-0.15, -0.1) is 0 Å². The predicted molar refractivity (Wildman–Crippen MR) is 74.5 cm³/mol. The molecule has 0 saturated heterocycles. The van der Waals surface area contributed by atoms with Crippen molar-refractivity contribution in [3.63, 3.8) is 0 Å². The summed E-state index contributed by atoms with van der Waals surface area (Å²) in [4.78, 5) is 14.4. The smallest absolute Gasteiger partial charge is 0.137 e. The Bertz CT molecular complexity index is 274. The van der Waals surface area contributed by atoms with Crippen molar-refractivity contribution in [1.29, 1.82) is 0 Å². The lowest BCUT2D eigenvalue weighted by atomic mass is 9.71. The van der Waals surface area contributed by atoms with Crippen molar-refractivity contribution in [2.24, 2.45) is 11.3 Å². The Balaban J connectivity index is 2.58. The van der Waals surface area contributed by atoms with Crippen LogP contribution < -0.4 is 0 Å². The second kappa shape index (κ2) is 6.67. The molecule has 18 heavy (non-hydrogen) atoms. The van der Waals surface area contributed by atoms with Gasteiger partial charge in [0.15, 0.2) is 0 Å². The van der Waals surface area contributed by atoms with Crippen molar-refractivity contribution in [3.05, 3.63) is 0 Å². The Labute approximate surface area is 112 Å². The lowest BCUT2D eigenvalue weighted by Gasteiger charge is -2.38. The van der Waals surface area contributed by atoms with E-state index in [2.05, 4.69) is 32.6 Å². The fraction of sp³-hybridized carbons (Fsp3) is 0.933. The Morgan fingerprint density at radius 3 is 2.67 bits per heavy atom. The van der Waals surface area contributed by atoms with E-state index in [1.54, 1.807) is 0 Å². The number of nitrogens with zero attached hydrogens (tertiary/aromatic N) is 1. The quantitative estimate of drug-likeness (QED) is 0.792. The zero-order valence-corrected chi connectivity index (χ0v) is 12.4. The molecule has 1 aliphatic rings. The van der Waals surface area contributed by atoms with Crippen molar-refractivity contribution >= 4 is 5.78 Å². The molecule has 1 fully saturated rings. The number of rotatable bonds is 6. The van der Waals surface area contributed by atoms with Gasteiger partial charge < -0.3 is 10.0 Å². The van der Waals surface area contributed by atoms with Gasteiger partial charge >= 0.3 is 0 Å². The van der Waals surface area contributed by atoms with Gasteiger partial charge in [0.1, 0.15) is 5.78 Å². The number of carbonyl (C=O) groups excluding carboxylic acids is 1. The molecule has 1 unspecified atom stereocenters. The van der Waals surface area contributed by atoms with Gasteiger partial charge in [-0.05, 0) is 38.5 Å². The molecule has 3 heteroatoms. The molecule has 0 aromatic carbocycles. The fourth-order valence-electron chi connectivity index (χ4n) is 2.83. The summed E-state index contributed by atoms with van der Waals surface area (Å²) in [7, 11) is 0. The van der Waals surface area contributed by atoms with Gasteiger partial charge in [0.25, 0.3) is 0 Å². The van der Waals surface area contributed by atoms with E-state index in [1.807, 2.05) is 0 Å². The molecule has 106 valence electrons. The lowest BCUT2D eigenvalue weighted by molar-refractivity contribution is -0.128. The van der Waals surface area contributed by atoms with Crippen LogP contribution in [0.3, 0.4) is 0 Å². The van der Waals surface area contributed by atoms with Crippen LogP contribution in [0.1, 0.15) is 53.4 Å². The first-order valence-electron chi connectivity index (χ1n) is 7.23. The molecule has 0 heterocycles. The molecule has 1 atom stereocenters. The second-order valence-corrected chi connectivity index (χ2v) is 6.70. The average molecular weight is 255 g/mol. The molecule has 0 spiro atoms. The first kappa shape index (κ1) is 15.6. The van der Waals surface area contributed by atoms with Crippen LogP contribution in [-0.4, -0.2) is 41.5 Å². The fourth-order valence-corrected chi connectivity index (χ4v) is 2.83. The molecule has 1 N–H and O–H groups in total. The van der Waals surface area contributed by atoms with E-state index in [0.29, 0.717) is 17.2 Å². The minimum absolute atomic E-state index is 0.190. The van der Waals surface area contributed by atoms with Gasteiger partial charge in [-0.25, -0.2) is 0 Å². The molecule has 0 radical (unpaired) electrons. The molecule has 0 aromatic rings. The molecule has 0 aliphatic heterocycles. The van der Waals surface area contributed by atoms with Gasteiger partial charge in [0.05, 0.1) is 0 Å². The maximum atomic E-state index is 12.0. The van der Waals surface area contributed by atoms with Crippen LogP contribution in [0.15, 0.2) is 0 Å². The van der Waals surface area contributed by atoms with Gasteiger partial charge in [-0.2, -0.15) is 0 Å². The van der Waals surface area contributed by atoms with E-state index in [1.165, 1.54) is 0 Å². The monoisotopic (exact) mass is 255 g/mol. The van der Waals surface area contributed by atoms with Crippen LogP contribution in [0.5, 0.6) is 0 Å². The third-order valence-electron chi connectivity index (χ3n) is 4.09. The molecular weight excluding hydrogens is 226 g/mol. The normalized spacial score (nSPS) is 23.9. The largest absolute Gasteiger partial charge is 0.396 e. The molecule has 0 aromatic heterocycles. The molecule has 0 bridgehead atoms. The maximum absolute atomic E-state index is 12.0. The summed E-state index contributed by atoms with van der Waals surface area (Å²) in [6.45, 7) is 10.8. The van der Waals surface area contributed by atoms with Crippen molar-refractivity contribution in [3.8, 4) is 0 Å². The summed E-state index contributed by atoms with van der Waals surface area (Å²) in [5.74, 6) is 0.624. The standard InChI is InChI=1S/C15H29NO2/c1-12(2)16(8-5-9-17)11-13-10-15(3,4)7-6-14(13)18/h12-13,17H,5-11H2,1-4H3. The summed E-state index contributed by atoms with van der Waals surface area (Å²) in [5.41, 5.74) is 0.304. The van der Waals surface area contributed by atoms with Crippen LogP contribution in [0.4, 0.5) is 0 Å². The van der Waals surface area contributed by atoms with Gasteiger partial charge in [-0.3, -0.25) is 4.79 Å². The third kappa shape index (κ3) is 4.69. The Kier molecular flexibility index (Phi) is 5.80. The highest BCUT2D eigenvalue weighted by Gasteiger charge is 2.34. The van der Waals surface area contributed by atoms with Gasteiger partial charge in [0, 0.05) is 38.1 Å². The van der Waals surface area contributed by atoms with E-state index >= 15 is 0 Å². The molecule has 1 rings (SSSR count). The molecule has 1 saturated carbocycles. The number of carbonyl (C=O) groups is 1. The van der Waals surface area contributed by atoms with Crippen LogP contribution in [0.2, 0.25) is 0 Å². The molecule has 3 nitrogen and oxygen atoms in total. The highest BCUT2D eigenvalue weighted by atomic mass is 16.3. The first-order chi connectivity index (χ1) is 8.35. The summed E-state index contributed by atoms with van der Waals surface area (Å²) < 4.78 is 0. The average Bonchev–Trinajstić information content (AvgIpc) is 2.28. The van der Waals surface area contributed by atoms with E-state index in [-0.39, 0.29) is 12.5 Å². The number of ketones is 1. The van der Waals surface area contributed by atoms with Crippen LogP contribution in [0, 0.1) is 11.3 Å². The second-order valence-electron chi connectivity index (χ2n) is 6.70. The first-order valence-corrected chi connectivity index (χ1v) is 7.23. The molecule has 0 amide bonds. The van der Waals surface area contributed by atoms with Crippen molar-refractivity contribution in [2.75, 3.05) is 19.7 Å². The van der Waals surface area contributed by atoms with Gasteiger partial charge in [-0.1, -0.05) is 13.8 Å². The minimum Gasteiger partial charge on any atom is -0.396 e. The number of hydrogen-bond acceptors (Lipinski definition) is 3. The van der Waals surface area contributed by atoms with E-state index in [0.717, 1.165) is 38.8 Å². The zero-order chi connectivity index (χ0) is 13.8. The number of hydrogen-bond donors (Lipinski definition) is 1. The summed E-state index contributed by atoms with van der Waals surface area (Å²) in [6, 6.07) is 0.439. The predicted octanol–water partition coefficient (Wildman–Crippen LogP) is 2.47. The highest BCUT2D eigenvalue weighted by Crippen LogP contribution is 2.37. The third-order valence-corrected chi connectivity index (χ3v) is 4.09. The Hall–Kier alpha value is -0.410. The summed E-state index contributed by atoms with van der Waals surface area (Å²) in [6.07, 6.45) is 3.57. The van der Waals surface area contributed by atoms with Crippen molar-refractivity contribution in [1.82, 2.24) is 4.90 Å². The summed E-state index contributed by atoms with van der Waals surface area (Å²) >= 11 is 0. The molecule has 1 aliphatic carbocycles. The van der Waals surface area contributed by atoms with E-state index < -0.39 is 0 Å². The van der Waals surface area contributed by atoms with Crippen LogP contribution in [0.25, 0.3) is 0 Å². The maximum Gasteiger partial charge on any atom is 0.137 e. The summed E-state index contributed by atoms with van der Waals surface area (Å²) in [5, 5.41) is 8.94. The van der Waals surface area contributed by atoms with Crippen molar-refractivity contribution in [2.45, 2.75) is 59.4 Å². The number of Topliss-reactive ketones (excluding diaryl/α,β-unsaturated/α-hetero) is 1. The van der Waals surface area contributed by atoms with Crippen molar-refractivity contribution < 1.29 is 9.90 Å². The lowest BCUT2D eigenvalue weighted by Crippen LogP contribution is -2.42. The van der Waals surface area contributed by atoms with Crippen LogP contribution >= 0.6 is 0 Å². The zero-order valence-electron chi connectivity index (χ0n) is 12.4. The molecular formula is C15H29NO2. The van der Waals surface area contributed by atoms with E-state index in [4.69, 9.17) is 5.11 Å². The highest BCUT2D eigenvalue weighted by molar-refractivity contribution is 5.82. The minimum atomic E-state index is 0.190. The number of aliphatic hydroxyl groups is 1. The Morgan fingerprint density at radius 2 is 2.11 bits per heavy atom. The SMILES string of the molecule is CC(C)N(CCCO)CC1CC(C)(C)CCC1=O. The number of aliphatic hydroxyl groups excluding tert-OH is 1. The van der Waals surface area contributed by atoms with E-state index in [9.17, 15) is 4.79 Å². The topological polar surface area (TPSA) is 40.5 Å². The Morgan fingerprint density at radius 1 is 1.44 bits per heavy atom. The van der Waals surface area contributed by atoms with Crippen LogP contribution in [-0.2, 0) is 4.79 Å². The van der Waals surface area contributed by atoms with Gasteiger partial charge in [0.2, 0.25) is 0 Å².